The average molecular weight is 272 g/mol. The second kappa shape index (κ2) is 6.75. The molecule has 19 heavy (non-hydrogen) atoms. The molecule has 0 spiro atoms. The van der Waals surface area contributed by atoms with E-state index in [9.17, 15) is 9.59 Å². The van der Waals surface area contributed by atoms with Gasteiger partial charge in [0.1, 0.15) is 5.54 Å². The van der Waals surface area contributed by atoms with Crippen molar-refractivity contribution >= 4 is 12.0 Å². The Labute approximate surface area is 113 Å². The van der Waals surface area contributed by atoms with Crippen LogP contribution in [0.5, 0.6) is 0 Å². The number of ether oxygens (including phenoxy) is 1. The highest BCUT2D eigenvalue weighted by molar-refractivity contribution is 5.87. The van der Waals surface area contributed by atoms with E-state index in [2.05, 4.69) is 10.6 Å². The number of carbonyl (C=O) groups is 2. The highest BCUT2D eigenvalue weighted by Gasteiger charge is 2.45. The molecule has 3 N–H and O–H groups in total. The van der Waals surface area contributed by atoms with Crippen LogP contribution >= 0.6 is 0 Å². The number of nitrogens with one attached hydrogen (secondary N) is 2. The Kier molecular flexibility index (Phi) is 5.60. The van der Waals surface area contributed by atoms with Gasteiger partial charge in [-0.2, -0.15) is 0 Å². The van der Waals surface area contributed by atoms with Crippen LogP contribution in [-0.4, -0.2) is 41.9 Å². The lowest BCUT2D eigenvalue weighted by atomic mass is 9.77. The summed E-state index contributed by atoms with van der Waals surface area (Å²) in [6.45, 7) is 6.89. The van der Waals surface area contributed by atoms with Gasteiger partial charge in [0.15, 0.2) is 0 Å². The van der Waals surface area contributed by atoms with E-state index in [1.807, 2.05) is 20.8 Å². The Morgan fingerprint density at radius 1 is 1.37 bits per heavy atom. The number of amides is 2. The van der Waals surface area contributed by atoms with Gasteiger partial charge in [0.25, 0.3) is 0 Å². The molecule has 1 aliphatic carbocycles. The summed E-state index contributed by atoms with van der Waals surface area (Å²) >= 11 is 0. The van der Waals surface area contributed by atoms with Gasteiger partial charge in [-0.15, -0.1) is 0 Å². The lowest BCUT2D eigenvalue weighted by Gasteiger charge is -2.38. The van der Waals surface area contributed by atoms with Crippen molar-refractivity contribution < 1.29 is 19.4 Å². The molecule has 0 aromatic carbocycles. The molecule has 0 radical (unpaired) electrons. The zero-order valence-corrected chi connectivity index (χ0v) is 11.9. The van der Waals surface area contributed by atoms with E-state index in [-0.39, 0.29) is 12.0 Å². The van der Waals surface area contributed by atoms with Crippen LogP contribution in [0.15, 0.2) is 0 Å². The van der Waals surface area contributed by atoms with Crippen molar-refractivity contribution in [1.82, 2.24) is 10.6 Å². The number of aliphatic carboxylic acids is 1. The summed E-state index contributed by atoms with van der Waals surface area (Å²) < 4.78 is 5.32. The number of hydrogen-bond acceptors (Lipinski definition) is 3. The summed E-state index contributed by atoms with van der Waals surface area (Å²) in [6, 6.07) is -0.550. The fraction of sp³-hybridized carbons (Fsp3) is 0.846. The van der Waals surface area contributed by atoms with Gasteiger partial charge in [0, 0.05) is 6.61 Å². The van der Waals surface area contributed by atoms with Crippen LogP contribution in [-0.2, 0) is 9.53 Å². The van der Waals surface area contributed by atoms with E-state index in [4.69, 9.17) is 9.84 Å². The molecule has 0 aromatic heterocycles. The number of urea groups is 1. The fourth-order valence-corrected chi connectivity index (χ4v) is 1.99. The van der Waals surface area contributed by atoms with Gasteiger partial charge in [0.05, 0.1) is 12.6 Å². The summed E-state index contributed by atoms with van der Waals surface area (Å²) in [5.41, 5.74) is -1.07. The van der Waals surface area contributed by atoms with Crippen LogP contribution in [0.1, 0.15) is 40.0 Å². The molecule has 1 fully saturated rings. The topological polar surface area (TPSA) is 87.7 Å². The summed E-state index contributed by atoms with van der Waals surface area (Å²) in [4.78, 5) is 23.1. The molecule has 1 atom stereocenters. The first-order valence-corrected chi connectivity index (χ1v) is 6.81. The Hall–Kier alpha value is -1.30. The van der Waals surface area contributed by atoms with Gasteiger partial charge in [-0.3, -0.25) is 0 Å². The van der Waals surface area contributed by atoms with Crippen molar-refractivity contribution in [2.45, 2.75) is 51.6 Å². The number of carboxylic acid groups (broad SMARTS) is 1. The van der Waals surface area contributed by atoms with Gasteiger partial charge in [0.2, 0.25) is 0 Å². The minimum atomic E-state index is -1.07. The summed E-state index contributed by atoms with van der Waals surface area (Å²) in [5.74, 6) is -0.737. The lowest BCUT2D eigenvalue weighted by molar-refractivity contribution is -0.148. The highest BCUT2D eigenvalue weighted by Crippen LogP contribution is 2.31. The first kappa shape index (κ1) is 15.8. The van der Waals surface area contributed by atoms with Crippen LogP contribution in [0.25, 0.3) is 0 Å². The summed E-state index contributed by atoms with van der Waals surface area (Å²) in [6.07, 6.45) is 1.82. The van der Waals surface area contributed by atoms with Crippen LogP contribution in [0.3, 0.4) is 0 Å². The van der Waals surface area contributed by atoms with E-state index in [1.165, 1.54) is 0 Å². The van der Waals surface area contributed by atoms with Gasteiger partial charge >= 0.3 is 12.0 Å². The van der Waals surface area contributed by atoms with Crippen LogP contribution < -0.4 is 10.6 Å². The molecule has 0 heterocycles. The third-order valence-electron chi connectivity index (χ3n) is 3.59. The Balaban J connectivity index is 2.50. The standard InChI is InChI=1S/C13H24N2O4/c1-4-19-8-10(9(2)3)14-12(18)15-13(11(16)17)6-5-7-13/h9-10H,4-8H2,1-3H3,(H,16,17)(H2,14,15,18). The predicted octanol–water partition coefficient (Wildman–Crippen LogP) is 1.35. The monoisotopic (exact) mass is 272 g/mol. The van der Waals surface area contributed by atoms with Crippen LogP contribution in [0, 0.1) is 5.92 Å². The first-order valence-electron chi connectivity index (χ1n) is 6.81. The molecule has 1 aliphatic rings. The molecule has 2 amide bonds. The third kappa shape index (κ3) is 4.09. The Morgan fingerprint density at radius 3 is 2.37 bits per heavy atom. The van der Waals surface area contributed by atoms with Crippen LogP contribution in [0.4, 0.5) is 4.79 Å². The van der Waals surface area contributed by atoms with Crippen molar-refractivity contribution in [3.8, 4) is 0 Å². The SMILES string of the molecule is CCOCC(NC(=O)NC1(C(=O)O)CCC1)C(C)C. The maximum absolute atomic E-state index is 11.9. The maximum atomic E-state index is 11.9. The van der Waals surface area contributed by atoms with Gasteiger partial charge in [-0.05, 0) is 32.1 Å². The maximum Gasteiger partial charge on any atom is 0.329 e. The van der Waals surface area contributed by atoms with Crippen molar-refractivity contribution in [1.29, 1.82) is 0 Å². The zero-order chi connectivity index (χ0) is 14.5. The smallest absolute Gasteiger partial charge is 0.329 e. The molecule has 110 valence electrons. The quantitative estimate of drug-likeness (QED) is 0.653. The molecule has 0 bridgehead atoms. The van der Waals surface area contributed by atoms with Crippen LogP contribution in [0.2, 0.25) is 0 Å². The largest absolute Gasteiger partial charge is 0.480 e. The van der Waals surface area contributed by atoms with E-state index in [0.717, 1.165) is 6.42 Å². The van der Waals surface area contributed by atoms with Gasteiger partial charge in [-0.25, -0.2) is 9.59 Å². The zero-order valence-electron chi connectivity index (χ0n) is 11.9. The normalized spacial score (nSPS) is 18.5. The third-order valence-corrected chi connectivity index (χ3v) is 3.59. The predicted molar refractivity (Wildman–Crippen MR) is 71.0 cm³/mol. The number of hydrogen-bond donors (Lipinski definition) is 3. The Bertz CT molecular complexity index is 327. The number of rotatable bonds is 7. The van der Waals surface area contributed by atoms with E-state index in [1.54, 1.807) is 0 Å². The number of carbonyl (C=O) groups excluding carboxylic acids is 1. The van der Waals surface area contributed by atoms with Gasteiger partial charge < -0.3 is 20.5 Å². The van der Waals surface area contributed by atoms with Crippen molar-refractivity contribution in [3.63, 3.8) is 0 Å². The van der Waals surface area contributed by atoms with Gasteiger partial charge in [-0.1, -0.05) is 13.8 Å². The van der Waals surface area contributed by atoms with Crippen molar-refractivity contribution in [3.05, 3.63) is 0 Å². The lowest BCUT2D eigenvalue weighted by Crippen LogP contribution is -2.62. The van der Waals surface area contributed by atoms with E-state index >= 15 is 0 Å². The molecule has 0 saturated heterocycles. The minimum absolute atomic E-state index is 0.120. The molecule has 1 unspecified atom stereocenters. The van der Waals surface area contributed by atoms with Crippen molar-refractivity contribution in [2.24, 2.45) is 5.92 Å². The highest BCUT2D eigenvalue weighted by atomic mass is 16.5. The second-order valence-corrected chi connectivity index (χ2v) is 5.35. The molecule has 1 saturated carbocycles. The van der Waals surface area contributed by atoms with Crippen molar-refractivity contribution in [2.75, 3.05) is 13.2 Å². The average Bonchev–Trinajstić information content (AvgIpc) is 2.28. The molecule has 0 aromatic rings. The molecule has 1 rings (SSSR count). The Morgan fingerprint density at radius 2 is 2.00 bits per heavy atom. The fourth-order valence-electron chi connectivity index (χ4n) is 1.99. The minimum Gasteiger partial charge on any atom is -0.480 e. The molecular weight excluding hydrogens is 248 g/mol. The molecular formula is C13H24N2O4. The second-order valence-electron chi connectivity index (χ2n) is 5.35. The number of carboxylic acids is 1. The molecule has 6 heteroatoms. The first-order chi connectivity index (χ1) is 8.91. The molecule has 0 aliphatic heterocycles. The summed E-state index contributed by atoms with van der Waals surface area (Å²) in [5, 5.41) is 14.5. The summed E-state index contributed by atoms with van der Waals surface area (Å²) in [7, 11) is 0. The van der Waals surface area contributed by atoms with E-state index < -0.39 is 17.5 Å². The molecule has 6 nitrogen and oxygen atoms in total. The van der Waals surface area contributed by atoms with E-state index in [0.29, 0.717) is 26.1 Å².